The van der Waals surface area contributed by atoms with E-state index in [1.54, 1.807) is 0 Å². The van der Waals surface area contributed by atoms with Crippen molar-refractivity contribution in [2.45, 2.75) is 33.1 Å². The van der Waals surface area contributed by atoms with E-state index >= 15 is 0 Å². The van der Waals surface area contributed by atoms with E-state index in [1.807, 2.05) is 12.1 Å². The second-order valence-corrected chi connectivity index (χ2v) is 4.63. The highest BCUT2D eigenvalue weighted by Gasteiger charge is 2.02. The summed E-state index contributed by atoms with van der Waals surface area (Å²) in [5.74, 6) is 0.912. The third kappa shape index (κ3) is 3.86. The largest absolute Gasteiger partial charge is 0.494 e. The molecule has 0 aromatic heterocycles. The van der Waals surface area contributed by atoms with Crippen LogP contribution in [-0.2, 0) is 0 Å². The standard InChI is InChI=1S/C13H16BrNO/c1-10-8-12(9-11(2)13(10)14)16-7-5-3-4-6-15/h8-9H,3-5,7H2,1-2H3. The predicted octanol–water partition coefficient (Wildman–Crippen LogP) is 4.14. The van der Waals surface area contributed by atoms with Crippen molar-refractivity contribution >= 4 is 15.9 Å². The first-order valence-corrected chi connectivity index (χ1v) is 6.21. The van der Waals surface area contributed by atoms with E-state index in [9.17, 15) is 0 Å². The van der Waals surface area contributed by atoms with Crippen molar-refractivity contribution in [3.8, 4) is 11.8 Å². The Morgan fingerprint density at radius 1 is 1.25 bits per heavy atom. The quantitative estimate of drug-likeness (QED) is 0.760. The van der Waals surface area contributed by atoms with Crippen LogP contribution in [0.3, 0.4) is 0 Å². The summed E-state index contributed by atoms with van der Waals surface area (Å²) in [4.78, 5) is 0. The summed E-state index contributed by atoms with van der Waals surface area (Å²) in [6.45, 7) is 4.79. The molecule has 0 fully saturated rings. The Kier molecular flexibility index (Phi) is 5.34. The zero-order valence-corrected chi connectivity index (χ0v) is 11.3. The normalized spacial score (nSPS) is 9.88. The lowest BCUT2D eigenvalue weighted by atomic mass is 10.1. The summed E-state index contributed by atoms with van der Waals surface area (Å²) in [6, 6.07) is 6.19. The van der Waals surface area contributed by atoms with E-state index in [2.05, 4.69) is 35.8 Å². The number of ether oxygens (including phenoxy) is 1. The Hall–Kier alpha value is -1.01. The molecular formula is C13H16BrNO. The maximum atomic E-state index is 8.39. The van der Waals surface area contributed by atoms with Crippen molar-refractivity contribution in [2.75, 3.05) is 6.61 Å². The van der Waals surface area contributed by atoms with E-state index in [0.29, 0.717) is 13.0 Å². The third-order valence-electron chi connectivity index (χ3n) is 2.36. The number of nitriles is 1. The molecule has 1 rings (SSSR count). The van der Waals surface area contributed by atoms with Gasteiger partial charge in [-0.25, -0.2) is 0 Å². The van der Waals surface area contributed by atoms with Gasteiger partial charge in [0.1, 0.15) is 5.75 Å². The highest BCUT2D eigenvalue weighted by atomic mass is 79.9. The van der Waals surface area contributed by atoms with Crippen LogP contribution in [0.15, 0.2) is 16.6 Å². The number of rotatable bonds is 5. The van der Waals surface area contributed by atoms with Crippen molar-refractivity contribution in [1.29, 1.82) is 5.26 Å². The third-order valence-corrected chi connectivity index (χ3v) is 3.61. The Morgan fingerprint density at radius 2 is 1.88 bits per heavy atom. The Balaban J connectivity index is 2.46. The van der Waals surface area contributed by atoms with Crippen LogP contribution in [0.4, 0.5) is 0 Å². The lowest BCUT2D eigenvalue weighted by molar-refractivity contribution is 0.307. The molecule has 0 unspecified atom stereocenters. The van der Waals surface area contributed by atoms with Crippen LogP contribution in [-0.4, -0.2) is 6.61 Å². The number of nitrogens with zero attached hydrogens (tertiary/aromatic N) is 1. The first-order valence-electron chi connectivity index (χ1n) is 5.41. The molecule has 0 aliphatic carbocycles. The zero-order chi connectivity index (χ0) is 12.0. The van der Waals surface area contributed by atoms with Crippen LogP contribution in [0.25, 0.3) is 0 Å². The van der Waals surface area contributed by atoms with Crippen LogP contribution in [0, 0.1) is 25.2 Å². The van der Waals surface area contributed by atoms with Gasteiger partial charge in [0.15, 0.2) is 0 Å². The van der Waals surface area contributed by atoms with Crippen LogP contribution in [0.5, 0.6) is 5.75 Å². The van der Waals surface area contributed by atoms with Gasteiger partial charge in [-0.15, -0.1) is 0 Å². The molecule has 0 amide bonds. The van der Waals surface area contributed by atoms with Gasteiger partial charge in [0.2, 0.25) is 0 Å². The van der Waals surface area contributed by atoms with Crippen LogP contribution < -0.4 is 4.74 Å². The molecule has 0 atom stereocenters. The number of benzene rings is 1. The van der Waals surface area contributed by atoms with E-state index < -0.39 is 0 Å². The van der Waals surface area contributed by atoms with Crippen molar-refractivity contribution in [3.05, 3.63) is 27.7 Å². The van der Waals surface area contributed by atoms with Crippen molar-refractivity contribution in [1.82, 2.24) is 0 Å². The number of unbranched alkanes of at least 4 members (excludes halogenated alkanes) is 2. The first-order chi connectivity index (χ1) is 7.65. The van der Waals surface area contributed by atoms with Crippen LogP contribution in [0.1, 0.15) is 30.4 Å². The average molecular weight is 282 g/mol. The van der Waals surface area contributed by atoms with Gasteiger partial charge in [0, 0.05) is 10.9 Å². The molecule has 0 radical (unpaired) electrons. The van der Waals surface area contributed by atoms with Gasteiger partial charge in [-0.2, -0.15) is 5.26 Å². The molecule has 0 N–H and O–H groups in total. The second kappa shape index (κ2) is 6.55. The lowest BCUT2D eigenvalue weighted by Crippen LogP contribution is -1.98. The van der Waals surface area contributed by atoms with Gasteiger partial charge in [-0.3, -0.25) is 0 Å². The zero-order valence-electron chi connectivity index (χ0n) is 9.72. The van der Waals surface area contributed by atoms with Crippen molar-refractivity contribution in [2.24, 2.45) is 0 Å². The second-order valence-electron chi connectivity index (χ2n) is 3.83. The Labute approximate surface area is 105 Å². The molecule has 0 spiro atoms. The molecule has 0 saturated carbocycles. The molecule has 86 valence electrons. The molecule has 1 aromatic rings. The fourth-order valence-electron chi connectivity index (χ4n) is 1.49. The van der Waals surface area contributed by atoms with E-state index in [-0.39, 0.29) is 0 Å². The molecular weight excluding hydrogens is 266 g/mol. The molecule has 2 nitrogen and oxygen atoms in total. The maximum absolute atomic E-state index is 8.39. The summed E-state index contributed by atoms with van der Waals surface area (Å²) in [7, 11) is 0. The van der Waals surface area contributed by atoms with E-state index in [1.165, 1.54) is 11.1 Å². The number of hydrogen-bond acceptors (Lipinski definition) is 2. The topological polar surface area (TPSA) is 33.0 Å². The molecule has 3 heteroatoms. The maximum Gasteiger partial charge on any atom is 0.119 e. The molecule has 0 saturated heterocycles. The first kappa shape index (κ1) is 13.1. The minimum Gasteiger partial charge on any atom is -0.494 e. The summed E-state index contributed by atoms with van der Waals surface area (Å²) in [6.07, 6.45) is 2.45. The Bertz CT molecular complexity index is 372. The fourth-order valence-corrected chi connectivity index (χ4v) is 1.71. The van der Waals surface area contributed by atoms with E-state index in [0.717, 1.165) is 23.1 Å². The number of aryl methyl sites for hydroxylation is 2. The van der Waals surface area contributed by atoms with Gasteiger partial charge in [-0.1, -0.05) is 15.9 Å². The smallest absolute Gasteiger partial charge is 0.119 e. The predicted molar refractivity (Wildman–Crippen MR) is 68.6 cm³/mol. The molecule has 0 heterocycles. The summed E-state index contributed by atoms with van der Waals surface area (Å²) in [5, 5.41) is 8.39. The number of halogens is 1. The summed E-state index contributed by atoms with van der Waals surface area (Å²) >= 11 is 3.52. The summed E-state index contributed by atoms with van der Waals surface area (Å²) in [5.41, 5.74) is 2.37. The molecule has 0 aliphatic rings. The van der Waals surface area contributed by atoms with Crippen molar-refractivity contribution < 1.29 is 4.74 Å². The molecule has 0 aliphatic heterocycles. The van der Waals surface area contributed by atoms with Gasteiger partial charge < -0.3 is 4.74 Å². The lowest BCUT2D eigenvalue weighted by Gasteiger charge is -2.09. The average Bonchev–Trinajstić information content (AvgIpc) is 2.25. The molecule has 1 aromatic carbocycles. The fraction of sp³-hybridized carbons (Fsp3) is 0.462. The highest BCUT2D eigenvalue weighted by molar-refractivity contribution is 9.10. The minimum atomic E-state index is 0.613. The monoisotopic (exact) mass is 281 g/mol. The Morgan fingerprint density at radius 3 is 2.44 bits per heavy atom. The minimum absolute atomic E-state index is 0.613. The van der Waals surface area contributed by atoms with E-state index in [4.69, 9.17) is 10.00 Å². The van der Waals surface area contributed by atoms with Crippen molar-refractivity contribution in [3.63, 3.8) is 0 Å². The van der Waals surface area contributed by atoms with Gasteiger partial charge in [0.25, 0.3) is 0 Å². The molecule has 16 heavy (non-hydrogen) atoms. The van der Waals surface area contributed by atoms with Crippen LogP contribution >= 0.6 is 15.9 Å². The SMILES string of the molecule is Cc1cc(OCCCCC#N)cc(C)c1Br. The number of hydrogen-bond donors (Lipinski definition) is 0. The van der Waals surface area contributed by atoms with Crippen LogP contribution in [0.2, 0.25) is 0 Å². The summed E-state index contributed by atoms with van der Waals surface area (Å²) < 4.78 is 6.78. The van der Waals surface area contributed by atoms with Gasteiger partial charge in [-0.05, 0) is 49.9 Å². The highest BCUT2D eigenvalue weighted by Crippen LogP contribution is 2.26. The molecule has 0 bridgehead atoms. The van der Waals surface area contributed by atoms with Gasteiger partial charge >= 0.3 is 0 Å². The van der Waals surface area contributed by atoms with Gasteiger partial charge in [0.05, 0.1) is 12.7 Å².